The molecule has 30 heavy (non-hydrogen) atoms. The number of aromatic hydroxyl groups is 1. The van der Waals surface area contributed by atoms with Gasteiger partial charge in [0, 0.05) is 11.3 Å². The lowest BCUT2D eigenvalue weighted by Gasteiger charge is -2.29. The van der Waals surface area contributed by atoms with Crippen molar-refractivity contribution >= 4 is 19.3 Å². The number of aromatic carboxylic acids is 1. The first-order chi connectivity index (χ1) is 14.4. The topological polar surface area (TPSA) is 105 Å². The molecule has 0 heterocycles. The Bertz CT molecular complexity index is 841. The van der Waals surface area contributed by atoms with Crippen LogP contribution in [-0.4, -0.2) is 29.4 Å². The Kier molecular flexibility index (Phi) is 9.37. The molecule has 0 amide bonds. The summed E-state index contributed by atoms with van der Waals surface area (Å²) < 4.78 is 25.5. The van der Waals surface area contributed by atoms with Gasteiger partial charge in [0.1, 0.15) is 5.75 Å². The third-order valence-corrected chi connectivity index (χ3v) is 6.65. The molecule has 2 aromatic rings. The highest BCUT2D eigenvalue weighted by Gasteiger charge is 2.39. The quantitative estimate of drug-likeness (QED) is 0.261. The summed E-state index contributed by atoms with van der Waals surface area (Å²) >= 11 is 0. The normalized spacial score (nSPS) is 12.5. The molecule has 164 valence electrons. The molecule has 0 spiro atoms. The summed E-state index contributed by atoms with van der Waals surface area (Å²) in [6, 6.07) is 12.7. The van der Waals surface area contributed by atoms with Crippen molar-refractivity contribution < 1.29 is 28.6 Å². The van der Waals surface area contributed by atoms with Gasteiger partial charge in [-0.05, 0) is 43.2 Å². The average Bonchev–Trinajstić information content (AvgIpc) is 2.73. The molecular formula is C22H30NO6P. The maximum Gasteiger partial charge on any atom is 0.357 e. The van der Waals surface area contributed by atoms with Crippen molar-refractivity contribution in [2.75, 3.05) is 18.5 Å². The van der Waals surface area contributed by atoms with Crippen LogP contribution in [0.3, 0.4) is 0 Å². The second kappa shape index (κ2) is 11.7. The third-order valence-electron chi connectivity index (χ3n) is 4.52. The number of hydrogen-bond acceptors (Lipinski definition) is 6. The SMILES string of the molecule is CCCCOP(=O)(OCCCC)C(Nc1ccc(C(=O)O)cc1)c1ccccc1O. The third kappa shape index (κ3) is 6.59. The second-order valence-electron chi connectivity index (χ2n) is 6.90. The Morgan fingerprint density at radius 1 is 1.00 bits per heavy atom. The van der Waals surface area contributed by atoms with Gasteiger partial charge in [0.05, 0.1) is 18.8 Å². The van der Waals surface area contributed by atoms with Crippen molar-refractivity contribution in [2.45, 2.75) is 45.3 Å². The number of phenolic OH excluding ortho intramolecular Hbond substituents is 1. The first-order valence-electron chi connectivity index (χ1n) is 10.2. The van der Waals surface area contributed by atoms with Gasteiger partial charge in [-0.2, -0.15) is 0 Å². The van der Waals surface area contributed by atoms with Crippen LogP contribution in [0.15, 0.2) is 48.5 Å². The van der Waals surface area contributed by atoms with Crippen molar-refractivity contribution in [1.82, 2.24) is 0 Å². The molecule has 0 saturated carbocycles. The van der Waals surface area contributed by atoms with Crippen LogP contribution in [0.25, 0.3) is 0 Å². The number of nitrogens with one attached hydrogen (secondary N) is 1. The molecule has 1 atom stereocenters. The van der Waals surface area contributed by atoms with Crippen LogP contribution in [0.2, 0.25) is 0 Å². The summed E-state index contributed by atoms with van der Waals surface area (Å²) in [4.78, 5) is 11.1. The summed E-state index contributed by atoms with van der Waals surface area (Å²) in [7, 11) is -3.72. The molecule has 2 aromatic carbocycles. The van der Waals surface area contributed by atoms with Gasteiger partial charge in [-0.25, -0.2) is 4.79 Å². The minimum atomic E-state index is -3.72. The molecule has 0 aliphatic rings. The van der Waals surface area contributed by atoms with E-state index in [4.69, 9.17) is 14.2 Å². The average molecular weight is 435 g/mol. The van der Waals surface area contributed by atoms with Crippen LogP contribution in [-0.2, 0) is 13.6 Å². The Balaban J connectivity index is 2.41. The van der Waals surface area contributed by atoms with Gasteiger partial charge in [-0.3, -0.25) is 4.57 Å². The van der Waals surface area contributed by atoms with Crippen LogP contribution in [0.4, 0.5) is 5.69 Å². The van der Waals surface area contributed by atoms with Gasteiger partial charge < -0.3 is 24.6 Å². The highest BCUT2D eigenvalue weighted by molar-refractivity contribution is 7.54. The number of benzene rings is 2. The number of anilines is 1. The first kappa shape index (κ1) is 23.9. The molecular weight excluding hydrogens is 405 g/mol. The Morgan fingerprint density at radius 2 is 1.57 bits per heavy atom. The van der Waals surface area contributed by atoms with E-state index in [1.54, 1.807) is 30.3 Å². The van der Waals surface area contributed by atoms with Crippen molar-refractivity contribution in [2.24, 2.45) is 0 Å². The fraction of sp³-hybridized carbons (Fsp3) is 0.409. The Hall–Kier alpha value is -2.34. The van der Waals surface area contributed by atoms with Gasteiger partial charge in [0.15, 0.2) is 5.78 Å². The summed E-state index contributed by atoms with van der Waals surface area (Å²) in [5.74, 6) is -2.02. The second-order valence-corrected chi connectivity index (χ2v) is 9.01. The number of rotatable bonds is 13. The highest BCUT2D eigenvalue weighted by Crippen LogP contribution is 2.62. The van der Waals surface area contributed by atoms with E-state index in [2.05, 4.69) is 5.32 Å². The fourth-order valence-electron chi connectivity index (χ4n) is 2.77. The molecule has 0 aliphatic heterocycles. The number of para-hydroxylation sites is 1. The number of carboxylic acid groups (broad SMARTS) is 1. The van der Waals surface area contributed by atoms with E-state index in [0.29, 0.717) is 11.3 Å². The number of unbranched alkanes of at least 4 members (excludes halogenated alkanes) is 2. The van der Waals surface area contributed by atoms with Gasteiger partial charge >= 0.3 is 13.6 Å². The van der Waals surface area contributed by atoms with Gasteiger partial charge in [-0.15, -0.1) is 0 Å². The van der Waals surface area contributed by atoms with Crippen molar-refractivity contribution in [3.05, 3.63) is 59.7 Å². The summed E-state index contributed by atoms with van der Waals surface area (Å²) in [5.41, 5.74) is 1.06. The minimum absolute atomic E-state index is 0.0319. The van der Waals surface area contributed by atoms with Gasteiger partial charge in [0.25, 0.3) is 0 Å². The number of carbonyl (C=O) groups is 1. The fourth-order valence-corrected chi connectivity index (χ4v) is 4.78. The zero-order chi connectivity index (χ0) is 22.0. The molecule has 0 radical (unpaired) electrons. The van der Waals surface area contributed by atoms with E-state index in [-0.39, 0.29) is 24.5 Å². The van der Waals surface area contributed by atoms with E-state index < -0.39 is 19.3 Å². The monoisotopic (exact) mass is 435 g/mol. The van der Waals surface area contributed by atoms with E-state index in [0.717, 1.165) is 25.7 Å². The van der Waals surface area contributed by atoms with Crippen LogP contribution < -0.4 is 5.32 Å². The molecule has 0 aliphatic carbocycles. The lowest BCUT2D eigenvalue weighted by atomic mass is 10.1. The summed E-state index contributed by atoms with van der Waals surface area (Å²) in [6.45, 7) is 4.55. The summed E-state index contributed by atoms with van der Waals surface area (Å²) in [5, 5.41) is 22.7. The van der Waals surface area contributed by atoms with Crippen LogP contribution in [0, 0.1) is 0 Å². The smallest absolute Gasteiger partial charge is 0.357 e. The van der Waals surface area contributed by atoms with E-state index in [1.165, 1.54) is 18.2 Å². The van der Waals surface area contributed by atoms with Gasteiger partial charge in [0.2, 0.25) is 0 Å². The van der Waals surface area contributed by atoms with Crippen LogP contribution in [0.5, 0.6) is 5.75 Å². The number of hydrogen-bond donors (Lipinski definition) is 3. The molecule has 8 heteroatoms. The lowest BCUT2D eigenvalue weighted by molar-refractivity contribution is 0.0697. The van der Waals surface area contributed by atoms with E-state index in [1.807, 2.05) is 13.8 Å². The largest absolute Gasteiger partial charge is 0.508 e. The highest BCUT2D eigenvalue weighted by atomic mass is 31.2. The van der Waals surface area contributed by atoms with Crippen molar-refractivity contribution in [1.29, 1.82) is 0 Å². The Morgan fingerprint density at radius 3 is 2.07 bits per heavy atom. The summed E-state index contributed by atoms with van der Waals surface area (Å²) in [6.07, 6.45) is 3.20. The molecule has 0 fully saturated rings. The zero-order valence-electron chi connectivity index (χ0n) is 17.4. The maximum absolute atomic E-state index is 13.9. The van der Waals surface area contributed by atoms with Gasteiger partial charge in [-0.1, -0.05) is 44.9 Å². The van der Waals surface area contributed by atoms with Crippen molar-refractivity contribution in [3.63, 3.8) is 0 Å². The zero-order valence-corrected chi connectivity index (χ0v) is 18.3. The predicted octanol–water partition coefficient (Wildman–Crippen LogP) is 6.03. The number of phenols is 1. The molecule has 0 bridgehead atoms. The first-order valence-corrected chi connectivity index (χ1v) is 11.8. The van der Waals surface area contributed by atoms with E-state index in [9.17, 15) is 14.5 Å². The van der Waals surface area contributed by atoms with E-state index >= 15 is 0 Å². The van der Waals surface area contributed by atoms with Crippen LogP contribution in [0.1, 0.15) is 61.2 Å². The lowest BCUT2D eigenvalue weighted by Crippen LogP contribution is -2.16. The molecule has 2 rings (SSSR count). The maximum atomic E-state index is 13.9. The van der Waals surface area contributed by atoms with Crippen LogP contribution >= 0.6 is 7.60 Å². The molecule has 1 unspecified atom stereocenters. The molecule has 0 aromatic heterocycles. The minimum Gasteiger partial charge on any atom is -0.508 e. The van der Waals surface area contributed by atoms with Crippen molar-refractivity contribution in [3.8, 4) is 5.75 Å². The standard InChI is InChI=1S/C22H30NO6P/c1-3-5-15-28-30(27,29-16-6-4-2)21(19-9-7-8-10-20(19)24)23-18-13-11-17(12-14-18)22(25)26/h7-14,21,23-24H,3-6,15-16H2,1-2H3,(H,25,26). The molecule has 7 nitrogen and oxygen atoms in total. The molecule has 3 N–H and O–H groups in total. The number of carboxylic acids is 1. The Labute approximate surface area is 177 Å². The predicted molar refractivity (Wildman–Crippen MR) is 117 cm³/mol. The molecule has 0 saturated heterocycles.